The second kappa shape index (κ2) is 7.22. The lowest BCUT2D eigenvalue weighted by Crippen LogP contribution is -2.47. The first-order chi connectivity index (χ1) is 10.8. The Balaban J connectivity index is 1.69. The second-order valence-electron chi connectivity index (χ2n) is 5.62. The maximum atomic E-state index is 8.86. The predicted octanol–water partition coefficient (Wildman–Crippen LogP) is 2.18. The van der Waals surface area contributed by atoms with E-state index in [1.807, 2.05) is 18.2 Å². The minimum atomic E-state index is 0.287. The van der Waals surface area contributed by atoms with Crippen LogP contribution in [0.5, 0.6) is 0 Å². The zero-order valence-corrected chi connectivity index (χ0v) is 13.3. The van der Waals surface area contributed by atoms with E-state index in [0.29, 0.717) is 5.02 Å². The molecular formula is C16H21ClN4O. The Kier molecular flexibility index (Phi) is 5.08. The topological polar surface area (TPSA) is 52.5 Å². The molecule has 3 rings (SSSR count). The largest absolute Gasteiger partial charge is 0.396 e. The number of nitrogens with zero attached hydrogens (tertiary/aromatic N) is 4. The third-order valence-electron chi connectivity index (χ3n) is 4.13. The fourth-order valence-corrected chi connectivity index (χ4v) is 3.06. The molecule has 0 spiro atoms. The van der Waals surface area contributed by atoms with Gasteiger partial charge in [-0.05, 0) is 37.6 Å². The molecule has 0 unspecified atom stereocenters. The first-order valence-electron chi connectivity index (χ1n) is 7.76. The van der Waals surface area contributed by atoms with Crippen LogP contribution in [-0.2, 0) is 0 Å². The first kappa shape index (κ1) is 15.5. The molecule has 1 fully saturated rings. The molecule has 5 nitrogen and oxygen atoms in total. The molecule has 118 valence electrons. The summed E-state index contributed by atoms with van der Waals surface area (Å²) in [5.74, 6) is 0.997. The highest BCUT2D eigenvalue weighted by molar-refractivity contribution is 6.31. The van der Waals surface area contributed by atoms with Crippen LogP contribution in [0.25, 0.3) is 10.9 Å². The Morgan fingerprint density at radius 2 is 1.91 bits per heavy atom. The molecule has 0 saturated carbocycles. The van der Waals surface area contributed by atoms with Crippen LogP contribution in [-0.4, -0.2) is 59.3 Å². The number of aromatic nitrogens is 2. The van der Waals surface area contributed by atoms with Crippen molar-refractivity contribution in [2.24, 2.45) is 0 Å². The van der Waals surface area contributed by atoms with Crippen molar-refractivity contribution in [1.29, 1.82) is 0 Å². The van der Waals surface area contributed by atoms with Crippen LogP contribution in [0.1, 0.15) is 12.8 Å². The Morgan fingerprint density at radius 1 is 1.09 bits per heavy atom. The quantitative estimate of drug-likeness (QED) is 0.856. The minimum absolute atomic E-state index is 0.287. The molecule has 2 heterocycles. The normalized spacial score (nSPS) is 16.4. The van der Waals surface area contributed by atoms with Gasteiger partial charge in [0.15, 0.2) is 0 Å². The lowest BCUT2D eigenvalue weighted by atomic mass is 10.2. The SMILES string of the molecule is OCCCCN1CCN(c2ncnc3cc(Cl)ccc23)CC1. The lowest BCUT2D eigenvalue weighted by molar-refractivity contribution is 0.232. The van der Waals surface area contributed by atoms with E-state index in [1.165, 1.54) is 0 Å². The number of aliphatic hydroxyl groups is 1. The highest BCUT2D eigenvalue weighted by Gasteiger charge is 2.19. The Labute approximate surface area is 135 Å². The van der Waals surface area contributed by atoms with E-state index in [4.69, 9.17) is 16.7 Å². The average Bonchev–Trinajstić information content (AvgIpc) is 2.55. The summed E-state index contributed by atoms with van der Waals surface area (Å²) < 4.78 is 0. The standard InChI is InChI=1S/C16H21ClN4O/c17-13-3-4-14-15(11-13)18-12-19-16(14)21-8-6-20(7-9-21)5-1-2-10-22/h3-4,11-12,22H,1-2,5-10H2. The molecule has 2 aromatic rings. The summed E-state index contributed by atoms with van der Waals surface area (Å²) in [6, 6.07) is 5.77. The van der Waals surface area contributed by atoms with Crippen molar-refractivity contribution in [1.82, 2.24) is 14.9 Å². The van der Waals surface area contributed by atoms with Crippen molar-refractivity contribution in [2.45, 2.75) is 12.8 Å². The maximum Gasteiger partial charge on any atom is 0.139 e. The zero-order chi connectivity index (χ0) is 15.4. The summed E-state index contributed by atoms with van der Waals surface area (Å²) >= 11 is 6.04. The Morgan fingerprint density at radius 3 is 2.68 bits per heavy atom. The first-order valence-corrected chi connectivity index (χ1v) is 8.14. The monoisotopic (exact) mass is 320 g/mol. The van der Waals surface area contributed by atoms with Gasteiger partial charge in [-0.1, -0.05) is 11.6 Å². The van der Waals surface area contributed by atoms with Crippen LogP contribution in [0.15, 0.2) is 24.5 Å². The summed E-state index contributed by atoms with van der Waals surface area (Å²) in [4.78, 5) is 13.6. The molecular weight excluding hydrogens is 300 g/mol. The second-order valence-corrected chi connectivity index (χ2v) is 6.05. The molecule has 1 aliphatic heterocycles. The molecule has 0 radical (unpaired) electrons. The van der Waals surface area contributed by atoms with Crippen LogP contribution in [0.4, 0.5) is 5.82 Å². The number of fused-ring (bicyclic) bond motifs is 1. The summed E-state index contributed by atoms with van der Waals surface area (Å²) in [6.45, 7) is 5.35. The lowest BCUT2D eigenvalue weighted by Gasteiger charge is -2.35. The molecule has 1 aliphatic rings. The number of aliphatic hydroxyl groups excluding tert-OH is 1. The van der Waals surface area contributed by atoms with Crippen molar-refractivity contribution in [3.63, 3.8) is 0 Å². The van der Waals surface area contributed by atoms with Crippen LogP contribution >= 0.6 is 11.6 Å². The van der Waals surface area contributed by atoms with Crippen LogP contribution < -0.4 is 4.90 Å². The van der Waals surface area contributed by atoms with Gasteiger partial charge in [-0.3, -0.25) is 4.90 Å². The molecule has 1 aromatic heterocycles. The Hall–Kier alpha value is -1.43. The van der Waals surface area contributed by atoms with Gasteiger partial charge >= 0.3 is 0 Å². The fourth-order valence-electron chi connectivity index (χ4n) is 2.90. The van der Waals surface area contributed by atoms with E-state index in [0.717, 1.165) is 62.3 Å². The summed E-state index contributed by atoms with van der Waals surface area (Å²) in [5.41, 5.74) is 0.892. The molecule has 0 atom stereocenters. The number of piperazine rings is 1. The molecule has 0 aliphatic carbocycles. The number of halogens is 1. The van der Waals surface area contributed by atoms with E-state index >= 15 is 0 Å². The van der Waals surface area contributed by atoms with E-state index in [2.05, 4.69) is 19.8 Å². The van der Waals surface area contributed by atoms with Gasteiger partial charge in [-0.15, -0.1) is 0 Å². The molecule has 1 saturated heterocycles. The Bertz CT molecular complexity index is 629. The van der Waals surface area contributed by atoms with Crippen molar-refractivity contribution < 1.29 is 5.11 Å². The summed E-state index contributed by atoms with van der Waals surface area (Å²) in [6.07, 6.45) is 3.56. The summed E-state index contributed by atoms with van der Waals surface area (Å²) in [5, 5.41) is 10.6. The summed E-state index contributed by atoms with van der Waals surface area (Å²) in [7, 11) is 0. The van der Waals surface area contributed by atoms with Gasteiger partial charge in [0.05, 0.1) is 5.52 Å². The van der Waals surface area contributed by atoms with E-state index < -0.39 is 0 Å². The van der Waals surface area contributed by atoms with Crippen molar-refractivity contribution >= 4 is 28.3 Å². The van der Waals surface area contributed by atoms with Gasteiger partial charge in [0.2, 0.25) is 0 Å². The smallest absolute Gasteiger partial charge is 0.139 e. The van der Waals surface area contributed by atoms with Gasteiger partial charge in [0, 0.05) is 43.2 Å². The van der Waals surface area contributed by atoms with E-state index in [9.17, 15) is 0 Å². The molecule has 1 aromatic carbocycles. The van der Waals surface area contributed by atoms with Crippen LogP contribution in [0.2, 0.25) is 5.02 Å². The molecule has 22 heavy (non-hydrogen) atoms. The van der Waals surface area contributed by atoms with Crippen LogP contribution in [0, 0.1) is 0 Å². The number of anilines is 1. The number of hydrogen-bond donors (Lipinski definition) is 1. The zero-order valence-electron chi connectivity index (χ0n) is 12.6. The van der Waals surface area contributed by atoms with Gasteiger partial charge in [0.1, 0.15) is 12.1 Å². The van der Waals surface area contributed by atoms with Gasteiger partial charge < -0.3 is 10.0 Å². The number of unbranched alkanes of at least 4 members (excludes halogenated alkanes) is 1. The highest BCUT2D eigenvalue weighted by atomic mass is 35.5. The number of benzene rings is 1. The van der Waals surface area contributed by atoms with Crippen LogP contribution in [0.3, 0.4) is 0 Å². The van der Waals surface area contributed by atoms with E-state index in [-0.39, 0.29) is 6.61 Å². The highest BCUT2D eigenvalue weighted by Crippen LogP contribution is 2.26. The fraction of sp³-hybridized carbons (Fsp3) is 0.500. The predicted molar refractivity (Wildman–Crippen MR) is 89.5 cm³/mol. The third-order valence-corrected chi connectivity index (χ3v) is 4.37. The van der Waals surface area contributed by atoms with E-state index in [1.54, 1.807) is 6.33 Å². The molecule has 0 amide bonds. The molecule has 6 heteroatoms. The van der Waals surface area contributed by atoms with Gasteiger partial charge in [0.25, 0.3) is 0 Å². The van der Waals surface area contributed by atoms with Crippen molar-refractivity contribution in [3.05, 3.63) is 29.5 Å². The number of hydrogen-bond acceptors (Lipinski definition) is 5. The average molecular weight is 321 g/mol. The number of rotatable bonds is 5. The molecule has 0 bridgehead atoms. The molecule has 1 N–H and O–H groups in total. The maximum absolute atomic E-state index is 8.86. The van der Waals surface area contributed by atoms with Crippen molar-refractivity contribution in [2.75, 3.05) is 44.2 Å². The minimum Gasteiger partial charge on any atom is -0.396 e. The van der Waals surface area contributed by atoms with Crippen molar-refractivity contribution in [3.8, 4) is 0 Å². The van der Waals surface area contributed by atoms with Gasteiger partial charge in [-0.2, -0.15) is 0 Å². The third kappa shape index (κ3) is 3.48. The van der Waals surface area contributed by atoms with Gasteiger partial charge in [-0.25, -0.2) is 9.97 Å².